The summed E-state index contributed by atoms with van der Waals surface area (Å²) in [5, 5.41) is 0. The molecule has 1 heteroatoms. The van der Waals surface area contributed by atoms with Crippen molar-refractivity contribution in [2.24, 2.45) is 5.73 Å². The quantitative estimate of drug-likeness (QED) is 0.582. The first-order chi connectivity index (χ1) is 5.91. The highest BCUT2D eigenvalue weighted by molar-refractivity contribution is 4.44. The average Bonchev–Trinajstić information content (AvgIpc) is 2.15. The van der Waals surface area contributed by atoms with Crippen LogP contribution in [0, 0.1) is 0 Å². The van der Waals surface area contributed by atoms with Crippen molar-refractivity contribution in [3.05, 3.63) is 0 Å². The molecule has 0 fully saturated rings. The van der Waals surface area contributed by atoms with Gasteiger partial charge in [0.2, 0.25) is 0 Å². The van der Waals surface area contributed by atoms with Gasteiger partial charge in [0.25, 0.3) is 0 Å². The van der Waals surface area contributed by atoms with Crippen LogP contribution in [-0.2, 0) is 0 Å². The van der Waals surface area contributed by atoms with Gasteiger partial charge in [-0.25, -0.2) is 0 Å². The van der Waals surface area contributed by atoms with Crippen molar-refractivity contribution in [1.29, 1.82) is 0 Å². The molecule has 0 aliphatic rings. The minimum Gasteiger partial charge on any atom is -0.330 e. The lowest BCUT2D eigenvalue weighted by Gasteiger charge is -1.97. The summed E-state index contributed by atoms with van der Waals surface area (Å²) >= 11 is 0. The Morgan fingerprint density at radius 3 is 1.67 bits per heavy atom. The van der Waals surface area contributed by atoms with E-state index in [4.69, 9.17) is 5.73 Å². The molecule has 0 aromatic carbocycles. The fourth-order valence-corrected chi connectivity index (χ4v) is 1.10. The van der Waals surface area contributed by atoms with Crippen molar-refractivity contribution in [2.45, 2.75) is 65.7 Å². The molecule has 1 nitrogen and oxygen atoms in total. The molecule has 0 rings (SSSR count). The fourth-order valence-electron chi connectivity index (χ4n) is 1.10. The van der Waals surface area contributed by atoms with Gasteiger partial charge in [0, 0.05) is 1.43 Å². The second-order valence-corrected chi connectivity index (χ2v) is 2.91. The Morgan fingerprint density at radius 2 is 1.25 bits per heavy atom. The molecule has 0 aliphatic carbocycles. The molecule has 0 aromatic heterocycles. The van der Waals surface area contributed by atoms with Crippen LogP contribution in [0.3, 0.4) is 0 Å². The van der Waals surface area contributed by atoms with Gasteiger partial charge in [0.1, 0.15) is 0 Å². The molecule has 2 N–H and O–H groups in total. The van der Waals surface area contributed by atoms with Gasteiger partial charge in [0.05, 0.1) is 0 Å². The summed E-state index contributed by atoms with van der Waals surface area (Å²) in [5.74, 6) is 0. The van der Waals surface area contributed by atoms with Crippen LogP contribution in [0.25, 0.3) is 0 Å². The summed E-state index contributed by atoms with van der Waals surface area (Å²) < 4.78 is 0. The number of unbranched alkanes of at least 4 members (excludes halogenated alkanes) is 6. The topological polar surface area (TPSA) is 26.0 Å². The van der Waals surface area contributed by atoms with E-state index in [0.29, 0.717) is 0 Å². The van der Waals surface area contributed by atoms with Gasteiger partial charge in [-0.15, -0.1) is 0 Å². The van der Waals surface area contributed by atoms with E-state index in [1.807, 2.05) is 13.8 Å². The largest absolute Gasteiger partial charge is 0.330 e. The normalized spacial score (nSPS) is 9.00. The Morgan fingerprint density at radius 1 is 0.833 bits per heavy atom. The molecule has 78 valence electrons. The highest BCUT2D eigenvalue weighted by Gasteiger charge is 1.87. The second-order valence-electron chi connectivity index (χ2n) is 2.91. The fraction of sp³-hybridized carbons (Fsp3) is 1.00. The van der Waals surface area contributed by atoms with Crippen molar-refractivity contribution in [3.63, 3.8) is 0 Å². The van der Waals surface area contributed by atoms with Crippen molar-refractivity contribution < 1.29 is 1.43 Å². The predicted octanol–water partition coefficient (Wildman–Crippen LogP) is 3.97. The van der Waals surface area contributed by atoms with E-state index in [-0.39, 0.29) is 1.43 Å². The van der Waals surface area contributed by atoms with Crippen LogP contribution in [0.2, 0.25) is 0 Å². The smallest absolute Gasteiger partial charge is 0 e. The van der Waals surface area contributed by atoms with Gasteiger partial charge >= 0.3 is 0 Å². The van der Waals surface area contributed by atoms with E-state index in [1.54, 1.807) is 0 Å². The number of hydrogen-bond acceptors (Lipinski definition) is 1. The summed E-state index contributed by atoms with van der Waals surface area (Å²) in [6.07, 6.45) is 9.51. The van der Waals surface area contributed by atoms with E-state index < -0.39 is 0 Å². The zero-order valence-corrected chi connectivity index (χ0v) is 9.23. The molecule has 0 saturated heterocycles. The lowest BCUT2D eigenvalue weighted by atomic mass is 10.1. The SMILES string of the molecule is CC.CCCCCCCCCN.[HH]. The molecule has 0 atom stereocenters. The molecule has 0 aliphatic heterocycles. The maximum Gasteiger partial charge on any atom is 0 e. The summed E-state index contributed by atoms with van der Waals surface area (Å²) in [6.45, 7) is 7.12. The van der Waals surface area contributed by atoms with Gasteiger partial charge in [-0.1, -0.05) is 59.3 Å². The third kappa shape index (κ3) is 16.5. The maximum absolute atomic E-state index is 5.37. The molecule has 0 bridgehead atoms. The van der Waals surface area contributed by atoms with Crippen LogP contribution in [-0.4, -0.2) is 6.54 Å². The van der Waals surface area contributed by atoms with Crippen LogP contribution < -0.4 is 5.73 Å². The maximum atomic E-state index is 5.37. The van der Waals surface area contributed by atoms with Gasteiger partial charge < -0.3 is 5.73 Å². The van der Waals surface area contributed by atoms with Crippen molar-refractivity contribution in [3.8, 4) is 0 Å². The number of rotatable bonds is 7. The van der Waals surface area contributed by atoms with Crippen molar-refractivity contribution in [1.82, 2.24) is 0 Å². The summed E-state index contributed by atoms with van der Waals surface area (Å²) in [7, 11) is 0. The van der Waals surface area contributed by atoms with Crippen LogP contribution in [0.1, 0.15) is 67.1 Å². The van der Waals surface area contributed by atoms with Gasteiger partial charge in [-0.05, 0) is 13.0 Å². The molecule has 0 heterocycles. The Balaban J connectivity index is -0.000000309. The van der Waals surface area contributed by atoms with Crippen LogP contribution in [0.5, 0.6) is 0 Å². The average molecular weight is 175 g/mol. The van der Waals surface area contributed by atoms with Crippen molar-refractivity contribution in [2.75, 3.05) is 6.54 Å². The minimum absolute atomic E-state index is 0. The van der Waals surface area contributed by atoms with E-state index >= 15 is 0 Å². The second kappa shape index (κ2) is 17.2. The molecule has 0 aromatic rings. The molecule has 0 amide bonds. The van der Waals surface area contributed by atoms with E-state index in [0.717, 1.165) is 6.54 Å². The monoisotopic (exact) mass is 175 g/mol. The Bertz CT molecular complexity index is 50.1. The van der Waals surface area contributed by atoms with Crippen LogP contribution >= 0.6 is 0 Å². The van der Waals surface area contributed by atoms with Gasteiger partial charge in [-0.3, -0.25) is 0 Å². The Hall–Kier alpha value is -0.0400. The zero-order valence-electron chi connectivity index (χ0n) is 9.23. The summed E-state index contributed by atoms with van der Waals surface area (Å²) in [5.41, 5.74) is 5.37. The van der Waals surface area contributed by atoms with E-state index in [2.05, 4.69) is 6.92 Å². The third-order valence-electron chi connectivity index (χ3n) is 1.81. The number of hydrogen-bond donors (Lipinski definition) is 1. The van der Waals surface area contributed by atoms with E-state index in [1.165, 1.54) is 44.9 Å². The van der Waals surface area contributed by atoms with Crippen molar-refractivity contribution >= 4 is 0 Å². The Kier molecular flexibility index (Phi) is 20.7. The molecule has 0 unspecified atom stereocenters. The van der Waals surface area contributed by atoms with E-state index in [9.17, 15) is 0 Å². The lowest BCUT2D eigenvalue weighted by molar-refractivity contribution is 0.593. The molecule has 0 saturated carbocycles. The number of nitrogens with two attached hydrogens (primary N) is 1. The third-order valence-corrected chi connectivity index (χ3v) is 1.81. The van der Waals surface area contributed by atoms with Gasteiger partial charge in [0.15, 0.2) is 0 Å². The molecule has 12 heavy (non-hydrogen) atoms. The predicted molar refractivity (Wildman–Crippen MR) is 60.5 cm³/mol. The standard InChI is InChI=1S/C9H21N.C2H6.H2/c1-2-3-4-5-6-7-8-9-10;1-2;/h2-10H2,1H3;1-2H3;1H. The molecular weight excluding hydrogens is 146 g/mol. The van der Waals surface area contributed by atoms with Crippen LogP contribution in [0.4, 0.5) is 0 Å². The first-order valence-corrected chi connectivity index (χ1v) is 5.62. The highest BCUT2D eigenvalue weighted by atomic mass is 14.5. The lowest BCUT2D eigenvalue weighted by Crippen LogP contribution is -1.97. The highest BCUT2D eigenvalue weighted by Crippen LogP contribution is 2.05. The first kappa shape index (κ1) is 14.5. The first-order valence-electron chi connectivity index (χ1n) is 5.62. The molecule has 0 radical (unpaired) electrons. The molecule has 0 spiro atoms. The van der Waals surface area contributed by atoms with Crippen LogP contribution in [0.15, 0.2) is 0 Å². The molecular formula is C11H29N. The zero-order chi connectivity index (χ0) is 9.66. The van der Waals surface area contributed by atoms with Gasteiger partial charge in [-0.2, -0.15) is 0 Å². The Labute approximate surface area is 80.2 Å². The summed E-state index contributed by atoms with van der Waals surface area (Å²) in [4.78, 5) is 0. The summed E-state index contributed by atoms with van der Waals surface area (Å²) in [6, 6.07) is 0. The minimum atomic E-state index is 0.